The van der Waals surface area contributed by atoms with Gasteiger partial charge >= 0.3 is 0 Å². The smallest absolute Gasteiger partial charge is 0.268 e. The van der Waals surface area contributed by atoms with E-state index in [0.717, 1.165) is 21.3 Å². The van der Waals surface area contributed by atoms with E-state index in [-0.39, 0.29) is 18.1 Å². The number of anilines is 1. The van der Waals surface area contributed by atoms with Crippen LogP contribution in [0, 0.1) is 0 Å². The zero-order valence-electron chi connectivity index (χ0n) is 21.1. The zero-order chi connectivity index (χ0) is 27.5. The lowest BCUT2D eigenvalue weighted by Gasteiger charge is -2.20. The van der Waals surface area contributed by atoms with Gasteiger partial charge in [0.05, 0.1) is 30.0 Å². The number of hydrogen-bond acceptors (Lipinski definition) is 6. The third-order valence-electron chi connectivity index (χ3n) is 6.32. The van der Waals surface area contributed by atoms with Crippen LogP contribution in [-0.4, -0.2) is 38.5 Å². The van der Waals surface area contributed by atoms with Crippen molar-refractivity contribution in [3.63, 3.8) is 0 Å². The Morgan fingerprint density at radius 1 is 1.05 bits per heavy atom. The van der Waals surface area contributed by atoms with Crippen LogP contribution in [0.2, 0.25) is 5.02 Å². The maximum Gasteiger partial charge on any atom is 0.268 e. The monoisotopic (exact) mass is 541 g/mol. The van der Waals surface area contributed by atoms with Gasteiger partial charge in [-0.3, -0.25) is 14.4 Å². The number of nitrogens with zero attached hydrogens (tertiary/aromatic N) is 3. The lowest BCUT2D eigenvalue weighted by Crippen LogP contribution is -2.36. The summed E-state index contributed by atoms with van der Waals surface area (Å²) in [4.78, 5) is 46.7. The Morgan fingerprint density at radius 2 is 1.85 bits per heavy atom. The maximum absolute atomic E-state index is 13.6. The Bertz CT molecular complexity index is 1750. The van der Waals surface area contributed by atoms with Crippen molar-refractivity contribution in [1.82, 2.24) is 19.7 Å². The van der Waals surface area contributed by atoms with Gasteiger partial charge in [0.25, 0.3) is 5.56 Å². The Kier molecular flexibility index (Phi) is 7.25. The van der Waals surface area contributed by atoms with Gasteiger partial charge in [-0.05, 0) is 54.4 Å². The first-order valence-corrected chi connectivity index (χ1v) is 12.5. The third kappa shape index (κ3) is 5.44. The molecule has 196 valence electrons. The standard InChI is InChI=1S/C29H24ClN5O4/c1-17(36)21-10-8-19(30)13-22(21)23-15-27(37)35(34-29(23)39-2)26(12-18-6-4-3-5-7-18)28(38)33-20-9-11-24-25(14-20)32-16-31-24/h3-11,13-16,26H,12H2,1-2H3,(H,31,32)(H,33,38). The van der Waals surface area contributed by atoms with Crippen molar-refractivity contribution in [2.75, 3.05) is 12.4 Å². The molecule has 1 amide bonds. The van der Waals surface area contributed by atoms with Gasteiger partial charge in [-0.15, -0.1) is 5.10 Å². The number of carbonyl (C=O) groups is 2. The number of amides is 1. The van der Waals surface area contributed by atoms with Crippen LogP contribution in [0.15, 0.2) is 83.9 Å². The second kappa shape index (κ2) is 10.9. The predicted molar refractivity (Wildman–Crippen MR) is 149 cm³/mol. The molecule has 0 radical (unpaired) electrons. The molecule has 39 heavy (non-hydrogen) atoms. The molecular formula is C29H24ClN5O4. The summed E-state index contributed by atoms with van der Waals surface area (Å²) in [5.74, 6) is -0.568. The molecule has 0 aliphatic rings. The minimum atomic E-state index is -1.01. The molecule has 1 unspecified atom stereocenters. The van der Waals surface area contributed by atoms with Crippen LogP contribution < -0.4 is 15.6 Å². The van der Waals surface area contributed by atoms with Crippen LogP contribution in [0.5, 0.6) is 5.88 Å². The minimum absolute atomic E-state index is 0.0732. The number of halogens is 1. The van der Waals surface area contributed by atoms with Crippen LogP contribution in [0.3, 0.4) is 0 Å². The molecule has 10 heteroatoms. The Morgan fingerprint density at radius 3 is 2.59 bits per heavy atom. The van der Waals surface area contributed by atoms with Crippen molar-refractivity contribution in [3.05, 3.63) is 106 Å². The first-order chi connectivity index (χ1) is 18.8. The molecule has 2 aromatic heterocycles. The molecule has 1 atom stereocenters. The minimum Gasteiger partial charge on any atom is -0.480 e. The molecule has 9 nitrogen and oxygen atoms in total. The molecule has 0 aliphatic carbocycles. The zero-order valence-corrected chi connectivity index (χ0v) is 21.9. The normalized spacial score (nSPS) is 11.8. The number of hydrogen-bond donors (Lipinski definition) is 2. The van der Waals surface area contributed by atoms with E-state index in [1.165, 1.54) is 20.1 Å². The number of rotatable bonds is 8. The van der Waals surface area contributed by atoms with E-state index in [2.05, 4.69) is 20.4 Å². The SMILES string of the molecule is COc1nn(C(Cc2ccccc2)C(=O)Nc2ccc3nc[nH]c3c2)c(=O)cc1-c1cc(Cl)ccc1C(C)=O. The molecule has 0 fully saturated rings. The summed E-state index contributed by atoms with van der Waals surface area (Å²) in [5, 5.41) is 7.73. The van der Waals surface area contributed by atoms with Crippen molar-refractivity contribution in [2.24, 2.45) is 0 Å². The van der Waals surface area contributed by atoms with Crippen LogP contribution in [0.1, 0.15) is 28.9 Å². The van der Waals surface area contributed by atoms with Crippen LogP contribution in [0.25, 0.3) is 22.2 Å². The van der Waals surface area contributed by atoms with Gasteiger partial charge in [0.1, 0.15) is 6.04 Å². The molecule has 0 spiro atoms. The van der Waals surface area contributed by atoms with Crippen molar-refractivity contribution >= 4 is 40.0 Å². The molecule has 0 bridgehead atoms. The molecule has 0 aliphatic heterocycles. The summed E-state index contributed by atoms with van der Waals surface area (Å²) in [6.45, 7) is 1.43. The summed E-state index contributed by atoms with van der Waals surface area (Å²) in [6, 6.07) is 19.7. The van der Waals surface area contributed by atoms with E-state index >= 15 is 0 Å². The van der Waals surface area contributed by atoms with Crippen LogP contribution in [-0.2, 0) is 11.2 Å². The maximum atomic E-state index is 13.6. The highest BCUT2D eigenvalue weighted by molar-refractivity contribution is 6.31. The van der Waals surface area contributed by atoms with Crippen molar-refractivity contribution < 1.29 is 14.3 Å². The van der Waals surface area contributed by atoms with Gasteiger partial charge in [-0.1, -0.05) is 41.9 Å². The number of methoxy groups -OCH3 is 1. The van der Waals surface area contributed by atoms with Gasteiger partial charge in [-0.25, -0.2) is 9.67 Å². The number of aromatic nitrogens is 4. The number of aromatic amines is 1. The van der Waals surface area contributed by atoms with E-state index in [4.69, 9.17) is 16.3 Å². The molecule has 5 aromatic rings. The van der Waals surface area contributed by atoms with E-state index in [1.54, 1.807) is 42.7 Å². The fourth-order valence-electron chi connectivity index (χ4n) is 4.43. The fourth-order valence-corrected chi connectivity index (χ4v) is 4.60. The second-order valence-corrected chi connectivity index (χ2v) is 9.36. The van der Waals surface area contributed by atoms with Gasteiger partial charge < -0.3 is 15.0 Å². The summed E-state index contributed by atoms with van der Waals surface area (Å²) in [7, 11) is 1.41. The van der Waals surface area contributed by atoms with Gasteiger partial charge in [0.2, 0.25) is 11.8 Å². The number of benzene rings is 3. The molecule has 2 N–H and O–H groups in total. The topological polar surface area (TPSA) is 119 Å². The highest BCUT2D eigenvalue weighted by Gasteiger charge is 2.26. The Labute approximate surface area is 228 Å². The highest BCUT2D eigenvalue weighted by Crippen LogP contribution is 2.32. The van der Waals surface area contributed by atoms with Crippen molar-refractivity contribution in [2.45, 2.75) is 19.4 Å². The molecule has 5 rings (SSSR count). The predicted octanol–water partition coefficient (Wildman–Crippen LogP) is 5.07. The molecule has 3 aromatic carbocycles. The molecule has 2 heterocycles. The third-order valence-corrected chi connectivity index (χ3v) is 6.56. The highest BCUT2D eigenvalue weighted by atomic mass is 35.5. The van der Waals surface area contributed by atoms with Crippen LogP contribution in [0.4, 0.5) is 5.69 Å². The lowest BCUT2D eigenvalue weighted by atomic mass is 9.98. The average molecular weight is 542 g/mol. The molecule has 0 saturated carbocycles. The van der Waals surface area contributed by atoms with Gasteiger partial charge in [0.15, 0.2) is 5.78 Å². The van der Waals surface area contributed by atoms with E-state index in [0.29, 0.717) is 27.4 Å². The Hall–Kier alpha value is -4.76. The first-order valence-electron chi connectivity index (χ1n) is 12.1. The van der Waals surface area contributed by atoms with Gasteiger partial charge in [-0.2, -0.15) is 0 Å². The quantitative estimate of drug-likeness (QED) is 0.265. The summed E-state index contributed by atoms with van der Waals surface area (Å²) in [5.41, 5.74) is 3.44. The average Bonchev–Trinajstić information content (AvgIpc) is 3.40. The van der Waals surface area contributed by atoms with Gasteiger partial charge in [0, 0.05) is 28.8 Å². The molecular weight excluding hydrogens is 518 g/mol. The van der Waals surface area contributed by atoms with Crippen molar-refractivity contribution in [3.8, 4) is 17.0 Å². The van der Waals surface area contributed by atoms with E-state index < -0.39 is 17.5 Å². The summed E-state index contributed by atoms with van der Waals surface area (Å²) >= 11 is 6.21. The molecule has 0 saturated heterocycles. The van der Waals surface area contributed by atoms with E-state index in [1.807, 2.05) is 30.3 Å². The fraction of sp³-hybridized carbons (Fsp3) is 0.138. The van der Waals surface area contributed by atoms with Crippen molar-refractivity contribution in [1.29, 1.82) is 0 Å². The second-order valence-electron chi connectivity index (χ2n) is 8.93. The number of imidazole rings is 1. The number of H-pyrrole nitrogens is 1. The largest absolute Gasteiger partial charge is 0.480 e. The number of fused-ring (bicyclic) bond motifs is 1. The number of nitrogens with one attached hydrogen (secondary N) is 2. The number of ether oxygens (including phenoxy) is 1. The first kappa shape index (κ1) is 25.9. The van der Waals surface area contributed by atoms with Crippen LogP contribution >= 0.6 is 11.6 Å². The lowest BCUT2D eigenvalue weighted by molar-refractivity contribution is -0.119. The number of Topliss-reactive ketones (excluding diaryl/α,β-unsaturated/α-hetero) is 1. The number of ketones is 1. The summed E-state index contributed by atoms with van der Waals surface area (Å²) in [6.07, 6.45) is 1.77. The summed E-state index contributed by atoms with van der Waals surface area (Å²) < 4.78 is 6.65. The number of carbonyl (C=O) groups excluding carboxylic acids is 2. The van der Waals surface area contributed by atoms with E-state index in [9.17, 15) is 14.4 Å². The Balaban J connectivity index is 1.59.